The quantitative estimate of drug-likeness (QED) is 0.369. The van der Waals surface area contributed by atoms with E-state index in [1.165, 1.54) is 17.0 Å². The van der Waals surface area contributed by atoms with Crippen molar-refractivity contribution < 1.29 is 38.3 Å². The SMILES string of the molecule is CC(=O)O[C@@H](C(=O)Nc1ccc(-c2noc(=O)[nH]2)cc1)[C@H]1OCCN(c2cccc(CC(=O)O)c2)C1=O. The Morgan fingerprint density at radius 2 is 1.97 bits per heavy atom. The van der Waals surface area contributed by atoms with Crippen LogP contribution in [-0.4, -0.2) is 64.4 Å². The molecule has 37 heavy (non-hydrogen) atoms. The number of carbonyl (C=O) groups excluding carboxylic acids is 3. The summed E-state index contributed by atoms with van der Waals surface area (Å²) in [6.45, 7) is 1.31. The minimum atomic E-state index is -1.60. The Labute approximate surface area is 209 Å². The molecule has 2 heterocycles. The van der Waals surface area contributed by atoms with Crippen molar-refractivity contribution in [1.82, 2.24) is 10.1 Å². The van der Waals surface area contributed by atoms with Crippen LogP contribution in [0.4, 0.5) is 11.4 Å². The third kappa shape index (κ3) is 6.08. The summed E-state index contributed by atoms with van der Waals surface area (Å²) in [7, 11) is 0. The Hall–Kier alpha value is -4.78. The van der Waals surface area contributed by atoms with Crippen LogP contribution in [0.1, 0.15) is 12.5 Å². The van der Waals surface area contributed by atoms with Crippen LogP contribution in [0.5, 0.6) is 0 Å². The summed E-state index contributed by atoms with van der Waals surface area (Å²) < 4.78 is 15.2. The lowest BCUT2D eigenvalue weighted by Gasteiger charge is -2.35. The Morgan fingerprint density at radius 1 is 1.22 bits per heavy atom. The van der Waals surface area contributed by atoms with Gasteiger partial charge in [0.2, 0.25) is 6.10 Å². The highest BCUT2D eigenvalue weighted by Crippen LogP contribution is 2.24. The van der Waals surface area contributed by atoms with E-state index in [-0.39, 0.29) is 25.4 Å². The first-order valence-electron chi connectivity index (χ1n) is 11.1. The molecule has 0 radical (unpaired) electrons. The number of hydrogen-bond acceptors (Lipinski definition) is 9. The minimum absolute atomic E-state index is 0.0508. The third-order valence-electron chi connectivity index (χ3n) is 5.39. The van der Waals surface area contributed by atoms with Gasteiger partial charge in [0.1, 0.15) is 0 Å². The third-order valence-corrected chi connectivity index (χ3v) is 5.39. The molecule has 4 rings (SSSR count). The Balaban J connectivity index is 1.52. The highest BCUT2D eigenvalue weighted by molar-refractivity contribution is 6.04. The summed E-state index contributed by atoms with van der Waals surface area (Å²) in [4.78, 5) is 64.1. The van der Waals surface area contributed by atoms with Crippen molar-refractivity contribution in [3.63, 3.8) is 0 Å². The van der Waals surface area contributed by atoms with E-state index in [1.807, 2.05) is 0 Å². The number of aromatic amines is 1. The Bertz CT molecular complexity index is 1380. The van der Waals surface area contributed by atoms with Gasteiger partial charge in [0.25, 0.3) is 11.8 Å². The molecule has 0 saturated carbocycles. The predicted molar refractivity (Wildman–Crippen MR) is 127 cm³/mol. The number of benzene rings is 2. The molecule has 2 aromatic carbocycles. The number of esters is 1. The van der Waals surface area contributed by atoms with E-state index in [9.17, 15) is 24.0 Å². The van der Waals surface area contributed by atoms with Gasteiger partial charge in [-0.15, -0.1) is 0 Å². The van der Waals surface area contributed by atoms with Crippen molar-refractivity contribution in [2.24, 2.45) is 0 Å². The van der Waals surface area contributed by atoms with Gasteiger partial charge in [-0.2, -0.15) is 0 Å². The van der Waals surface area contributed by atoms with Crippen LogP contribution in [0.2, 0.25) is 0 Å². The number of anilines is 2. The fourth-order valence-corrected chi connectivity index (χ4v) is 3.80. The molecule has 13 nitrogen and oxygen atoms in total. The zero-order valence-electron chi connectivity index (χ0n) is 19.5. The largest absolute Gasteiger partial charge is 0.481 e. The molecule has 1 aliphatic heterocycles. The van der Waals surface area contributed by atoms with E-state index in [4.69, 9.17) is 14.6 Å². The maximum absolute atomic E-state index is 13.3. The molecule has 3 aromatic rings. The van der Waals surface area contributed by atoms with Crippen LogP contribution in [0, 0.1) is 0 Å². The molecule has 3 N–H and O–H groups in total. The number of rotatable bonds is 8. The van der Waals surface area contributed by atoms with Crippen molar-refractivity contribution in [1.29, 1.82) is 0 Å². The van der Waals surface area contributed by atoms with Crippen LogP contribution >= 0.6 is 0 Å². The van der Waals surface area contributed by atoms with Crippen LogP contribution in [0.25, 0.3) is 11.4 Å². The van der Waals surface area contributed by atoms with Gasteiger partial charge in [0, 0.05) is 30.4 Å². The van der Waals surface area contributed by atoms with Crippen molar-refractivity contribution in [3.05, 3.63) is 64.6 Å². The number of nitrogens with one attached hydrogen (secondary N) is 2. The number of aromatic nitrogens is 2. The molecule has 0 bridgehead atoms. The molecule has 1 aliphatic rings. The van der Waals surface area contributed by atoms with Gasteiger partial charge in [0.15, 0.2) is 11.9 Å². The minimum Gasteiger partial charge on any atom is -0.481 e. The van der Waals surface area contributed by atoms with Crippen LogP contribution in [-0.2, 0) is 35.1 Å². The molecule has 0 aliphatic carbocycles. The van der Waals surface area contributed by atoms with Crippen molar-refractivity contribution in [3.8, 4) is 11.4 Å². The number of carboxylic acid groups (broad SMARTS) is 1. The summed E-state index contributed by atoms with van der Waals surface area (Å²) in [5.41, 5.74) is 1.76. The lowest BCUT2D eigenvalue weighted by atomic mass is 10.1. The van der Waals surface area contributed by atoms with Gasteiger partial charge in [-0.1, -0.05) is 17.3 Å². The first-order chi connectivity index (χ1) is 17.7. The number of carboxylic acids is 1. The molecular formula is C24H22N4O9. The highest BCUT2D eigenvalue weighted by Gasteiger charge is 2.42. The fraction of sp³-hybridized carbons (Fsp3) is 0.250. The number of ether oxygens (including phenoxy) is 2. The smallest absolute Gasteiger partial charge is 0.439 e. The van der Waals surface area contributed by atoms with Crippen molar-refractivity contribution in [2.45, 2.75) is 25.6 Å². The summed E-state index contributed by atoms with van der Waals surface area (Å²) in [5, 5.41) is 15.2. The molecular weight excluding hydrogens is 488 g/mol. The maximum Gasteiger partial charge on any atom is 0.439 e. The zero-order chi connectivity index (χ0) is 26.5. The van der Waals surface area contributed by atoms with E-state index >= 15 is 0 Å². The fourth-order valence-electron chi connectivity index (χ4n) is 3.80. The van der Waals surface area contributed by atoms with Crippen LogP contribution < -0.4 is 16.0 Å². The molecule has 2 atom stereocenters. The van der Waals surface area contributed by atoms with Gasteiger partial charge >= 0.3 is 17.7 Å². The Morgan fingerprint density at radius 3 is 2.62 bits per heavy atom. The van der Waals surface area contributed by atoms with Crippen LogP contribution in [0.3, 0.4) is 0 Å². The topological polar surface area (TPSA) is 181 Å². The molecule has 1 fully saturated rings. The first-order valence-corrected chi connectivity index (χ1v) is 11.1. The zero-order valence-corrected chi connectivity index (χ0v) is 19.5. The van der Waals surface area contributed by atoms with E-state index in [1.54, 1.807) is 36.4 Å². The van der Waals surface area contributed by atoms with Crippen molar-refractivity contribution >= 4 is 35.1 Å². The monoisotopic (exact) mass is 510 g/mol. The van der Waals surface area contributed by atoms with E-state index in [0.29, 0.717) is 22.5 Å². The number of morpholine rings is 1. The number of H-pyrrole nitrogens is 1. The van der Waals surface area contributed by atoms with E-state index in [0.717, 1.165) is 6.92 Å². The second-order valence-electron chi connectivity index (χ2n) is 8.06. The lowest BCUT2D eigenvalue weighted by Crippen LogP contribution is -2.56. The normalized spacial score (nSPS) is 16.2. The summed E-state index contributed by atoms with van der Waals surface area (Å²) in [6, 6.07) is 12.6. The molecule has 0 spiro atoms. The number of amides is 2. The standard InChI is InChI=1S/C24H22N4O9/c1-13(29)36-19(22(32)25-16-7-5-15(6-8-16)21-26-24(34)37-27-21)20-23(33)28(9-10-35-20)17-4-2-3-14(11-17)12-18(30)31/h2-8,11,19-20H,9-10,12H2,1H3,(H,25,32)(H,30,31)(H,26,27,34)/t19-,20-/m1/s1. The van der Waals surface area contributed by atoms with Gasteiger partial charge in [0.05, 0.1) is 13.0 Å². The van der Waals surface area contributed by atoms with E-state index < -0.39 is 41.7 Å². The van der Waals surface area contributed by atoms with Gasteiger partial charge in [-0.05, 0) is 42.0 Å². The first kappa shape index (κ1) is 25.3. The maximum atomic E-state index is 13.3. The summed E-state index contributed by atoms with van der Waals surface area (Å²) in [6.07, 6.45) is -3.25. The van der Waals surface area contributed by atoms with Crippen LogP contribution in [0.15, 0.2) is 57.8 Å². The Kier molecular flexibility index (Phi) is 7.44. The van der Waals surface area contributed by atoms with Gasteiger partial charge in [-0.3, -0.25) is 28.7 Å². The number of nitrogens with zero attached hydrogens (tertiary/aromatic N) is 2. The lowest BCUT2D eigenvalue weighted by molar-refractivity contribution is -0.167. The average molecular weight is 510 g/mol. The second-order valence-corrected chi connectivity index (χ2v) is 8.06. The summed E-state index contributed by atoms with van der Waals surface area (Å²) >= 11 is 0. The predicted octanol–water partition coefficient (Wildman–Crippen LogP) is 0.959. The molecule has 1 saturated heterocycles. The molecule has 0 unspecified atom stereocenters. The van der Waals surface area contributed by atoms with Crippen molar-refractivity contribution in [2.75, 3.05) is 23.4 Å². The van der Waals surface area contributed by atoms with Gasteiger partial charge < -0.3 is 24.8 Å². The summed E-state index contributed by atoms with van der Waals surface area (Å²) in [5.74, 6) is -3.73. The van der Waals surface area contributed by atoms with Gasteiger partial charge in [-0.25, -0.2) is 4.79 Å². The molecule has 192 valence electrons. The average Bonchev–Trinajstić information content (AvgIpc) is 3.29. The molecule has 1 aromatic heterocycles. The molecule has 13 heteroatoms. The van der Waals surface area contributed by atoms with E-state index in [2.05, 4.69) is 20.0 Å². The number of hydrogen-bond donors (Lipinski definition) is 3. The highest BCUT2D eigenvalue weighted by atomic mass is 16.6. The molecule has 2 amide bonds. The second kappa shape index (κ2) is 10.9. The number of aliphatic carboxylic acids is 1. The number of carbonyl (C=O) groups is 4.